The number of nitrogens with one attached hydrogen (secondary N) is 1. The Labute approximate surface area is 180 Å². The summed E-state index contributed by atoms with van der Waals surface area (Å²) in [4.78, 5) is 12.8. The molecule has 1 aromatic heterocycles. The Hall–Kier alpha value is -3.97. The lowest BCUT2D eigenvalue weighted by atomic mass is 10.1. The Kier molecular flexibility index (Phi) is 6.35. The number of aliphatic hydroxyl groups is 1. The number of hydrogen-bond donors (Lipinski definition) is 3. The van der Waals surface area contributed by atoms with Crippen molar-refractivity contribution in [2.45, 2.75) is 13.0 Å². The topological polar surface area (TPSA) is 106 Å². The third-order valence-electron chi connectivity index (χ3n) is 4.68. The van der Waals surface area contributed by atoms with E-state index in [4.69, 9.17) is 10.5 Å². The Morgan fingerprint density at radius 2 is 1.52 bits per heavy atom. The van der Waals surface area contributed by atoms with Crippen molar-refractivity contribution in [2.24, 2.45) is 0 Å². The van der Waals surface area contributed by atoms with E-state index in [1.807, 2.05) is 78.9 Å². The number of ether oxygens (including phenoxy) is 1. The standard InChI is InChI=1S/C24H23N5O2/c25-23-27-22(21-9-5-4-6-18(21)16-30)28-24(29-23)26-15-14-17-10-12-20(13-11-17)31-19-7-2-1-3-8-19/h1-13,30H,14-16H2,(H3,25,26,27,28,29). The van der Waals surface area contributed by atoms with Gasteiger partial charge in [-0.25, -0.2) is 0 Å². The first-order chi connectivity index (χ1) is 15.2. The molecular weight excluding hydrogens is 390 g/mol. The molecule has 3 aromatic carbocycles. The minimum Gasteiger partial charge on any atom is -0.457 e. The molecule has 7 nitrogen and oxygen atoms in total. The lowest BCUT2D eigenvalue weighted by molar-refractivity contribution is 0.282. The maximum atomic E-state index is 9.56. The largest absolute Gasteiger partial charge is 0.457 e. The van der Waals surface area contributed by atoms with E-state index >= 15 is 0 Å². The third kappa shape index (κ3) is 5.34. The van der Waals surface area contributed by atoms with Crippen LogP contribution in [0.3, 0.4) is 0 Å². The Morgan fingerprint density at radius 1 is 0.806 bits per heavy atom. The van der Waals surface area contributed by atoms with Crippen molar-refractivity contribution < 1.29 is 9.84 Å². The molecule has 0 saturated heterocycles. The lowest BCUT2D eigenvalue weighted by Crippen LogP contribution is -2.11. The first-order valence-corrected chi connectivity index (χ1v) is 9.97. The number of para-hydroxylation sites is 1. The van der Waals surface area contributed by atoms with Crippen molar-refractivity contribution in [3.63, 3.8) is 0 Å². The normalized spacial score (nSPS) is 10.6. The van der Waals surface area contributed by atoms with Crippen LogP contribution in [-0.4, -0.2) is 26.6 Å². The highest BCUT2D eigenvalue weighted by Crippen LogP contribution is 2.23. The van der Waals surface area contributed by atoms with Crippen LogP contribution < -0.4 is 15.8 Å². The first kappa shape index (κ1) is 20.3. The van der Waals surface area contributed by atoms with Gasteiger partial charge in [-0.2, -0.15) is 15.0 Å². The number of aliphatic hydroxyl groups excluding tert-OH is 1. The van der Waals surface area contributed by atoms with Crippen molar-refractivity contribution in [1.29, 1.82) is 0 Å². The second kappa shape index (κ2) is 9.69. The zero-order valence-corrected chi connectivity index (χ0v) is 16.9. The summed E-state index contributed by atoms with van der Waals surface area (Å²) in [6.45, 7) is 0.526. The first-order valence-electron chi connectivity index (χ1n) is 9.97. The number of nitrogens with zero attached hydrogens (tertiary/aromatic N) is 3. The van der Waals surface area contributed by atoms with Gasteiger partial charge in [0.05, 0.1) is 6.61 Å². The summed E-state index contributed by atoms with van der Waals surface area (Å²) in [5.74, 6) is 2.56. The van der Waals surface area contributed by atoms with E-state index in [1.54, 1.807) is 0 Å². The molecule has 0 aliphatic rings. The summed E-state index contributed by atoms with van der Waals surface area (Å²) >= 11 is 0. The monoisotopic (exact) mass is 413 g/mol. The van der Waals surface area contributed by atoms with Crippen LogP contribution in [0.25, 0.3) is 11.4 Å². The number of aromatic nitrogens is 3. The van der Waals surface area contributed by atoms with Gasteiger partial charge >= 0.3 is 0 Å². The second-order valence-electron chi connectivity index (χ2n) is 6.89. The average Bonchev–Trinajstić information content (AvgIpc) is 2.80. The Bertz CT molecular complexity index is 1130. The molecule has 0 aliphatic heterocycles. The SMILES string of the molecule is Nc1nc(NCCc2ccc(Oc3ccccc3)cc2)nc(-c2ccccc2CO)n1. The predicted octanol–water partition coefficient (Wildman–Crippen LogP) is 4.06. The zero-order chi connectivity index (χ0) is 21.5. The molecular formula is C24H23N5O2. The number of hydrogen-bond acceptors (Lipinski definition) is 7. The van der Waals surface area contributed by atoms with E-state index in [0.717, 1.165) is 34.6 Å². The maximum Gasteiger partial charge on any atom is 0.228 e. The molecule has 0 aliphatic carbocycles. The van der Waals surface area contributed by atoms with Crippen molar-refractivity contribution in [3.05, 3.63) is 90.0 Å². The van der Waals surface area contributed by atoms with Crippen LogP contribution in [0.2, 0.25) is 0 Å². The van der Waals surface area contributed by atoms with Gasteiger partial charge in [0.15, 0.2) is 5.82 Å². The fourth-order valence-electron chi connectivity index (χ4n) is 3.14. The molecule has 4 N–H and O–H groups in total. The van der Waals surface area contributed by atoms with Gasteiger partial charge in [-0.3, -0.25) is 0 Å². The molecule has 0 atom stereocenters. The molecule has 4 aromatic rings. The van der Waals surface area contributed by atoms with E-state index in [-0.39, 0.29) is 12.6 Å². The van der Waals surface area contributed by atoms with Crippen molar-refractivity contribution in [3.8, 4) is 22.9 Å². The average molecular weight is 413 g/mol. The van der Waals surface area contributed by atoms with Crippen molar-refractivity contribution in [2.75, 3.05) is 17.6 Å². The van der Waals surface area contributed by atoms with Crippen LogP contribution in [0.5, 0.6) is 11.5 Å². The molecule has 0 spiro atoms. The van der Waals surface area contributed by atoms with Gasteiger partial charge in [0.1, 0.15) is 11.5 Å². The minimum atomic E-state index is -0.103. The molecule has 7 heteroatoms. The van der Waals surface area contributed by atoms with E-state index in [9.17, 15) is 5.11 Å². The van der Waals surface area contributed by atoms with Gasteiger partial charge in [-0.05, 0) is 41.8 Å². The van der Waals surface area contributed by atoms with E-state index in [2.05, 4.69) is 20.3 Å². The number of nitrogen functional groups attached to an aromatic ring is 1. The van der Waals surface area contributed by atoms with Crippen LogP contribution in [-0.2, 0) is 13.0 Å². The van der Waals surface area contributed by atoms with Gasteiger partial charge in [-0.15, -0.1) is 0 Å². The summed E-state index contributed by atoms with van der Waals surface area (Å²) in [5, 5.41) is 12.8. The number of rotatable bonds is 8. The summed E-state index contributed by atoms with van der Waals surface area (Å²) < 4.78 is 5.82. The predicted molar refractivity (Wildman–Crippen MR) is 121 cm³/mol. The zero-order valence-electron chi connectivity index (χ0n) is 16.9. The van der Waals surface area contributed by atoms with Crippen LogP contribution in [0.4, 0.5) is 11.9 Å². The molecule has 0 bridgehead atoms. The summed E-state index contributed by atoms with van der Waals surface area (Å²) in [6.07, 6.45) is 0.778. The van der Waals surface area contributed by atoms with Crippen LogP contribution >= 0.6 is 0 Å². The van der Waals surface area contributed by atoms with Crippen LogP contribution in [0.1, 0.15) is 11.1 Å². The molecule has 0 saturated carbocycles. The smallest absolute Gasteiger partial charge is 0.228 e. The van der Waals surface area contributed by atoms with Gasteiger partial charge < -0.3 is 20.9 Å². The van der Waals surface area contributed by atoms with Gasteiger partial charge in [0, 0.05) is 12.1 Å². The highest BCUT2D eigenvalue weighted by atomic mass is 16.5. The van der Waals surface area contributed by atoms with Gasteiger partial charge in [0.2, 0.25) is 11.9 Å². The van der Waals surface area contributed by atoms with E-state index in [0.29, 0.717) is 18.3 Å². The van der Waals surface area contributed by atoms with E-state index in [1.165, 1.54) is 0 Å². The van der Waals surface area contributed by atoms with Gasteiger partial charge in [0.25, 0.3) is 0 Å². The summed E-state index contributed by atoms with van der Waals surface area (Å²) in [7, 11) is 0. The molecule has 156 valence electrons. The van der Waals surface area contributed by atoms with Crippen LogP contribution in [0, 0.1) is 0 Å². The molecule has 31 heavy (non-hydrogen) atoms. The Balaban J connectivity index is 1.38. The minimum absolute atomic E-state index is 0.103. The molecule has 4 rings (SSSR count). The Morgan fingerprint density at radius 3 is 2.29 bits per heavy atom. The fraction of sp³-hybridized carbons (Fsp3) is 0.125. The lowest BCUT2D eigenvalue weighted by Gasteiger charge is -2.10. The number of nitrogens with two attached hydrogens (primary N) is 1. The highest BCUT2D eigenvalue weighted by molar-refractivity contribution is 5.62. The summed E-state index contributed by atoms with van der Waals surface area (Å²) in [5.41, 5.74) is 8.49. The van der Waals surface area contributed by atoms with Crippen molar-refractivity contribution >= 4 is 11.9 Å². The highest BCUT2D eigenvalue weighted by Gasteiger charge is 2.10. The van der Waals surface area contributed by atoms with Crippen LogP contribution in [0.15, 0.2) is 78.9 Å². The quantitative estimate of drug-likeness (QED) is 0.400. The summed E-state index contributed by atoms with van der Waals surface area (Å²) in [6, 6.07) is 25.1. The van der Waals surface area contributed by atoms with E-state index < -0.39 is 0 Å². The number of anilines is 2. The molecule has 0 radical (unpaired) electrons. The molecule has 0 fully saturated rings. The van der Waals surface area contributed by atoms with Crippen molar-refractivity contribution in [1.82, 2.24) is 15.0 Å². The fourth-order valence-corrected chi connectivity index (χ4v) is 3.14. The number of benzene rings is 3. The molecule has 0 unspecified atom stereocenters. The molecule has 0 amide bonds. The molecule has 1 heterocycles. The third-order valence-corrected chi connectivity index (χ3v) is 4.68. The maximum absolute atomic E-state index is 9.56. The van der Waals surface area contributed by atoms with Gasteiger partial charge in [-0.1, -0.05) is 54.6 Å². The second-order valence-corrected chi connectivity index (χ2v) is 6.89.